The molecule has 1 amide bonds. The second-order valence-electron chi connectivity index (χ2n) is 5.47. The lowest BCUT2D eigenvalue weighted by Gasteiger charge is -2.06. The zero-order chi connectivity index (χ0) is 16.9. The molecule has 0 unspecified atom stereocenters. The highest BCUT2D eigenvalue weighted by atomic mass is 16.5. The van der Waals surface area contributed by atoms with Gasteiger partial charge in [-0.1, -0.05) is 35.0 Å². The van der Waals surface area contributed by atoms with Crippen molar-refractivity contribution in [1.82, 2.24) is 15.4 Å². The first-order valence-corrected chi connectivity index (χ1v) is 7.48. The number of hydrogen-bond donors (Lipinski definition) is 2. The second-order valence-corrected chi connectivity index (χ2v) is 5.47. The summed E-state index contributed by atoms with van der Waals surface area (Å²) < 4.78 is 4.96. The van der Waals surface area contributed by atoms with E-state index in [4.69, 9.17) is 4.52 Å². The number of nitrogens with zero attached hydrogens (tertiary/aromatic N) is 3. The van der Waals surface area contributed by atoms with E-state index < -0.39 is 0 Å². The number of amides is 1. The van der Waals surface area contributed by atoms with Gasteiger partial charge in [0.1, 0.15) is 5.76 Å². The van der Waals surface area contributed by atoms with Gasteiger partial charge in [-0.3, -0.25) is 4.79 Å². The largest absolute Gasteiger partial charge is 0.360 e. The van der Waals surface area contributed by atoms with E-state index in [-0.39, 0.29) is 5.91 Å². The first kappa shape index (κ1) is 15.7. The van der Waals surface area contributed by atoms with Gasteiger partial charge in [0.2, 0.25) is 5.91 Å². The third-order valence-electron chi connectivity index (χ3n) is 3.26. The van der Waals surface area contributed by atoms with Crippen molar-refractivity contribution in [2.45, 2.75) is 20.3 Å². The van der Waals surface area contributed by atoms with Gasteiger partial charge in [0.25, 0.3) is 0 Å². The molecule has 0 atom stereocenters. The molecule has 3 aromatic rings. The van der Waals surface area contributed by atoms with Crippen LogP contribution in [-0.2, 0) is 11.2 Å². The summed E-state index contributed by atoms with van der Waals surface area (Å²) in [6, 6.07) is 13.0. The Labute approximate surface area is 139 Å². The number of benzene rings is 1. The van der Waals surface area contributed by atoms with E-state index in [0.29, 0.717) is 29.6 Å². The fraction of sp³-hybridized carbons (Fsp3) is 0.176. The summed E-state index contributed by atoms with van der Waals surface area (Å²) in [5.41, 5.74) is 2.08. The van der Waals surface area contributed by atoms with E-state index in [0.717, 1.165) is 11.1 Å². The van der Waals surface area contributed by atoms with Gasteiger partial charge in [0, 0.05) is 6.07 Å². The highest BCUT2D eigenvalue weighted by Crippen LogP contribution is 2.14. The average Bonchev–Trinajstić information content (AvgIpc) is 2.94. The minimum atomic E-state index is -0.136. The van der Waals surface area contributed by atoms with Crippen LogP contribution in [0.5, 0.6) is 0 Å². The fourth-order valence-electron chi connectivity index (χ4n) is 2.22. The van der Waals surface area contributed by atoms with Crippen LogP contribution in [0.2, 0.25) is 0 Å². The molecular weight excluding hydrogens is 306 g/mol. The molecule has 7 nitrogen and oxygen atoms in total. The number of nitrogens with one attached hydrogen (secondary N) is 2. The fourth-order valence-corrected chi connectivity index (χ4v) is 2.22. The maximum atomic E-state index is 12.1. The number of anilines is 3. The number of aryl methyl sites for hydroxylation is 2. The van der Waals surface area contributed by atoms with Gasteiger partial charge in [-0.2, -0.15) is 0 Å². The van der Waals surface area contributed by atoms with Crippen LogP contribution < -0.4 is 10.6 Å². The van der Waals surface area contributed by atoms with Crippen molar-refractivity contribution < 1.29 is 9.32 Å². The normalized spacial score (nSPS) is 10.4. The van der Waals surface area contributed by atoms with E-state index in [9.17, 15) is 4.79 Å². The van der Waals surface area contributed by atoms with Gasteiger partial charge in [0.05, 0.1) is 6.42 Å². The van der Waals surface area contributed by atoms with Crippen molar-refractivity contribution in [3.63, 3.8) is 0 Å². The molecule has 3 rings (SSSR count). The Balaban J connectivity index is 1.58. The lowest BCUT2D eigenvalue weighted by molar-refractivity contribution is -0.115. The minimum absolute atomic E-state index is 0.136. The highest BCUT2D eigenvalue weighted by Gasteiger charge is 2.07. The molecule has 1 aromatic carbocycles. The Morgan fingerprint density at radius 2 is 1.83 bits per heavy atom. The van der Waals surface area contributed by atoms with Gasteiger partial charge >= 0.3 is 0 Å². The maximum absolute atomic E-state index is 12.1. The van der Waals surface area contributed by atoms with Gasteiger partial charge in [-0.25, -0.2) is 0 Å². The van der Waals surface area contributed by atoms with Gasteiger partial charge in [-0.15, -0.1) is 10.2 Å². The zero-order valence-corrected chi connectivity index (χ0v) is 13.4. The molecule has 0 saturated carbocycles. The van der Waals surface area contributed by atoms with Crippen LogP contribution in [0.4, 0.5) is 17.5 Å². The molecule has 0 radical (unpaired) electrons. The summed E-state index contributed by atoms with van der Waals surface area (Å²) in [7, 11) is 0. The number of hydrogen-bond acceptors (Lipinski definition) is 6. The molecule has 24 heavy (non-hydrogen) atoms. The molecular formula is C17H17N5O2. The quantitative estimate of drug-likeness (QED) is 0.750. The molecule has 0 aliphatic carbocycles. The summed E-state index contributed by atoms with van der Waals surface area (Å²) in [5, 5.41) is 17.5. The first-order chi connectivity index (χ1) is 11.6. The number of aromatic nitrogens is 3. The maximum Gasteiger partial charge on any atom is 0.229 e. The third-order valence-corrected chi connectivity index (χ3v) is 3.26. The summed E-state index contributed by atoms with van der Waals surface area (Å²) in [6.07, 6.45) is 0.293. The molecule has 2 heterocycles. The van der Waals surface area contributed by atoms with Crippen LogP contribution in [0.3, 0.4) is 0 Å². The van der Waals surface area contributed by atoms with Crippen LogP contribution in [0.25, 0.3) is 0 Å². The Hall–Kier alpha value is -3.22. The predicted octanol–water partition coefficient (Wildman–Crippen LogP) is 3.01. The summed E-state index contributed by atoms with van der Waals surface area (Å²) >= 11 is 0. The summed E-state index contributed by atoms with van der Waals surface area (Å²) in [4.78, 5) is 12.1. The van der Waals surface area contributed by atoms with Crippen LogP contribution >= 0.6 is 0 Å². The van der Waals surface area contributed by atoms with Crippen molar-refractivity contribution in [2.75, 3.05) is 10.6 Å². The lowest BCUT2D eigenvalue weighted by atomic mass is 10.1. The topological polar surface area (TPSA) is 92.9 Å². The molecule has 122 valence electrons. The molecule has 0 spiro atoms. The SMILES string of the molecule is Cc1cccc(CC(=O)Nc2ccc(Nc3cc(C)on3)nn2)c1. The van der Waals surface area contributed by atoms with Gasteiger partial charge in [0.15, 0.2) is 17.5 Å². The predicted molar refractivity (Wildman–Crippen MR) is 90.1 cm³/mol. The van der Waals surface area contributed by atoms with Crippen LogP contribution in [0.1, 0.15) is 16.9 Å². The van der Waals surface area contributed by atoms with Crippen molar-refractivity contribution in [2.24, 2.45) is 0 Å². The molecule has 0 fully saturated rings. The Morgan fingerprint density at radius 1 is 1.04 bits per heavy atom. The third kappa shape index (κ3) is 4.16. The van der Waals surface area contributed by atoms with Crippen LogP contribution in [0, 0.1) is 13.8 Å². The van der Waals surface area contributed by atoms with E-state index in [1.165, 1.54) is 0 Å². The van der Waals surface area contributed by atoms with Crippen LogP contribution in [-0.4, -0.2) is 21.3 Å². The second kappa shape index (κ2) is 6.91. The molecule has 0 saturated heterocycles. The van der Waals surface area contributed by atoms with Crippen molar-refractivity contribution in [1.29, 1.82) is 0 Å². The first-order valence-electron chi connectivity index (χ1n) is 7.48. The summed E-state index contributed by atoms with van der Waals surface area (Å²) in [6.45, 7) is 3.80. The van der Waals surface area contributed by atoms with E-state index in [2.05, 4.69) is 26.0 Å². The lowest BCUT2D eigenvalue weighted by Crippen LogP contribution is -2.15. The smallest absolute Gasteiger partial charge is 0.229 e. The van der Waals surface area contributed by atoms with Gasteiger partial charge < -0.3 is 15.2 Å². The van der Waals surface area contributed by atoms with E-state index in [1.807, 2.05) is 31.2 Å². The molecule has 0 bridgehead atoms. The number of rotatable bonds is 5. The molecule has 0 aliphatic heterocycles. The van der Waals surface area contributed by atoms with E-state index >= 15 is 0 Å². The molecule has 0 aliphatic rings. The highest BCUT2D eigenvalue weighted by molar-refractivity contribution is 5.91. The van der Waals surface area contributed by atoms with Gasteiger partial charge in [-0.05, 0) is 31.5 Å². The molecule has 2 N–H and O–H groups in total. The van der Waals surface area contributed by atoms with Crippen LogP contribution in [0.15, 0.2) is 47.0 Å². The number of carbonyl (C=O) groups is 1. The minimum Gasteiger partial charge on any atom is -0.360 e. The summed E-state index contributed by atoms with van der Waals surface area (Å²) in [5.74, 6) is 2.03. The Bertz CT molecular complexity index is 842. The monoisotopic (exact) mass is 323 g/mol. The number of carbonyl (C=O) groups excluding carboxylic acids is 1. The Kier molecular flexibility index (Phi) is 4.51. The van der Waals surface area contributed by atoms with Crippen molar-refractivity contribution >= 4 is 23.4 Å². The van der Waals surface area contributed by atoms with Crippen molar-refractivity contribution in [3.05, 3.63) is 59.4 Å². The zero-order valence-electron chi connectivity index (χ0n) is 13.4. The van der Waals surface area contributed by atoms with E-state index in [1.54, 1.807) is 25.1 Å². The van der Waals surface area contributed by atoms with Crippen molar-refractivity contribution in [3.8, 4) is 0 Å². The Morgan fingerprint density at radius 3 is 2.50 bits per heavy atom. The standard InChI is InChI=1S/C17H17N5O2/c1-11-4-3-5-13(8-11)10-17(23)19-15-7-6-14(20-21-15)18-16-9-12(2)24-22-16/h3-9H,10H2,1-2H3,(H,18,20,22)(H,19,21,23). The average molecular weight is 323 g/mol. The molecule has 7 heteroatoms. The molecule has 2 aromatic heterocycles.